The average Bonchev–Trinajstić information content (AvgIpc) is 3.75. The van der Waals surface area contributed by atoms with Gasteiger partial charge >= 0.3 is 0 Å². The number of nitriles is 2. The molecule has 42 heavy (non-hydrogen) atoms. The van der Waals surface area contributed by atoms with Gasteiger partial charge < -0.3 is 16.1 Å². The Morgan fingerprint density at radius 2 is 1.81 bits per heavy atom. The molecular weight excluding hydrogens is 567 g/mol. The highest BCUT2D eigenvalue weighted by Crippen LogP contribution is 2.39. The van der Waals surface area contributed by atoms with Crippen LogP contribution < -0.4 is 21.6 Å². The summed E-state index contributed by atoms with van der Waals surface area (Å²) >= 11 is 13.6. The van der Waals surface area contributed by atoms with E-state index in [-0.39, 0.29) is 6.04 Å². The number of anilines is 2. The number of nitrogens with zero attached hydrogens (tertiary/aromatic N) is 4. The molecular formula is C32H28Cl2N8. The summed E-state index contributed by atoms with van der Waals surface area (Å²) in [6.45, 7) is 2.10. The molecule has 0 bridgehead atoms. The predicted octanol–water partition coefficient (Wildman–Crippen LogP) is 7.33. The number of fused-ring (bicyclic) bond motifs is 1. The van der Waals surface area contributed by atoms with Crippen LogP contribution in [0.1, 0.15) is 60.5 Å². The Balaban J connectivity index is 1.44. The van der Waals surface area contributed by atoms with E-state index in [2.05, 4.69) is 62.8 Å². The van der Waals surface area contributed by atoms with E-state index in [1.54, 1.807) is 12.3 Å². The van der Waals surface area contributed by atoms with Gasteiger partial charge in [0.15, 0.2) is 0 Å². The first-order valence-corrected chi connectivity index (χ1v) is 14.6. The Labute approximate surface area is 254 Å². The maximum Gasteiger partial charge on any atom is 0.103 e. The van der Waals surface area contributed by atoms with Crippen molar-refractivity contribution < 1.29 is 0 Å². The molecule has 1 aliphatic carbocycles. The van der Waals surface area contributed by atoms with E-state index in [4.69, 9.17) is 23.2 Å². The minimum Gasteiger partial charge on any atom is -0.377 e. The smallest absolute Gasteiger partial charge is 0.103 e. The first kappa shape index (κ1) is 27.7. The van der Waals surface area contributed by atoms with Crippen LogP contribution in [-0.2, 0) is 0 Å². The summed E-state index contributed by atoms with van der Waals surface area (Å²) in [5.41, 5.74) is 12.0. The Morgan fingerprint density at radius 1 is 1.02 bits per heavy atom. The lowest BCUT2D eigenvalue weighted by Gasteiger charge is -2.24. The van der Waals surface area contributed by atoms with Crippen molar-refractivity contribution in [1.82, 2.24) is 21.0 Å². The SMILES string of the molecule is CC[C@@H](Nc1c(C#N)cnc2c(Cl)cc(NC(C3=CN(C4CC4)NN3)c3cccc(C#N)c3Cl)cc12)c1ccccc1. The zero-order valence-electron chi connectivity index (χ0n) is 22.8. The summed E-state index contributed by atoms with van der Waals surface area (Å²) in [4.78, 5) is 4.53. The summed E-state index contributed by atoms with van der Waals surface area (Å²) in [6.07, 6.45) is 6.63. The fraction of sp³-hybridized carbons (Fsp3) is 0.219. The summed E-state index contributed by atoms with van der Waals surface area (Å²) in [6, 6.07) is 23.8. The highest BCUT2D eigenvalue weighted by Gasteiger charge is 2.33. The number of hydrazine groups is 2. The Hall–Kier alpha value is -4.47. The lowest BCUT2D eigenvalue weighted by atomic mass is 10.00. The number of benzene rings is 3. The number of rotatable bonds is 9. The van der Waals surface area contributed by atoms with Crippen molar-refractivity contribution in [2.45, 2.75) is 44.3 Å². The summed E-state index contributed by atoms with van der Waals surface area (Å²) in [7, 11) is 0. The minimum atomic E-state index is -0.438. The van der Waals surface area contributed by atoms with Gasteiger partial charge in [0.1, 0.15) is 12.1 Å². The average molecular weight is 596 g/mol. The second kappa shape index (κ2) is 11.8. The van der Waals surface area contributed by atoms with Crippen molar-refractivity contribution in [1.29, 1.82) is 10.5 Å². The summed E-state index contributed by atoms with van der Waals surface area (Å²) < 4.78 is 0. The molecule has 210 valence electrons. The van der Waals surface area contributed by atoms with Crippen LogP contribution in [0.5, 0.6) is 0 Å². The first-order chi connectivity index (χ1) is 20.5. The van der Waals surface area contributed by atoms with E-state index in [0.29, 0.717) is 44.1 Å². The molecule has 4 aromatic rings. The summed E-state index contributed by atoms with van der Waals surface area (Å²) in [5.74, 6) is 0. The van der Waals surface area contributed by atoms with Gasteiger partial charge in [0.05, 0.1) is 50.2 Å². The highest BCUT2D eigenvalue weighted by molar-refractivity contribution is 6.36. The van der Waals surface area contributed by atoms with Crippen molar-refractivity contribution in [3.8, 4) is 12.1 Å². The maximum atomic E-state index is 10.0. The van der Waals surface area contributed by atoms with E-state index in [9.17, 15) is 10.5 Å². The van der Waals surface area contributed by atoms with E-state index < -0.39 is 6.04 Å². The lowest BCUT2D eigenvalue weighted by molar-refractivity contribution is 0.260. The van der Waals surface area contributed by atoms with Crippen LogP contribution in [0.3, 0.4) is 0 Å². The molecule has 6 rings (SSSR count). The topological polar surface area (TPSA) is 112 Å². The van der Waals surface area contributed by atoms with Gasteiger partial charge in [-0.05, 0) is 43.0 Å². The van der Waals surface area contributed by atoms with Crippen LogP contribution in [0.2, 0.25) is 10.0 Å². The quantitative estimate of drug-likeness (QED) is 0.159. The zero-order chi connectivity index (χ0) is 29.2. The largest absolute Gasteiger partial charge is 0.377 e. The molecule has 1 aliphatic heterocycles. The van der Waals surface area contributed by atoms with E-state index >= 15 is 0 Å². The maximum absolute atomic E-state index is 10.0. The van der Waals surface area contributed by atoms with Gasteiger partial charge in [0.2, 0.25) is 0 Å². The van der Waals surface area contributed by atoms with Gasteiger partial charge in [0, 0.05) is 35.1 Å². The molecule has 1 aromatic heterocycles. The molecule has 10 heteroatoms. The third-order valence-corrected chi connectivity index (χ3v) is 8.31. The number of halogens is 2. The third kappa shape index (κ3) is 5.41. The molecule has 2 aliphatic rings. The van der Waals surface area contributed by atoms with Crippen molar-refractivity contribution in [3.05, 3.63) is 111 Å². The first-order valence-electron chi connectivity index (χ1n) is 13.8. The number of nitrogens with one attached hydrogen (secondary N) is 4. The molecule has 0 saturated heterocycles. The number of hydrogen-bond acceptors (Lipinski definition) is 8. The molecule has 0 spiro atoms. The standard InChI is InChI=1S/C32H28Cl2N8/c1-2-27(19-7-4-3-5-8-19)39-30-21(16-36)17-37-31-25(30)13-22(14-26(31)33)38-32(24-10-6-9-20(15-35)29(24)34)28-18-42(41-40-28)23-11-12-23/h3-10,13-14,17-18,23,27,32,38,40-41H,2,11-12H2,1H3,(H,37,39)/t27-,32?/m1/s1. The molecule has 2 heterocycles. The van der Waals surface area contributed by atoms with Crippen molar-refractivity contribution in [3.63, 3.8) is 0 Å². The van der Waals surface area contributed by atoms with Gasteiger partial charge in [-0.3, -0.25) is 9.99 Å². The van der Waals surface area contributed by atoms with Crippen LogP contribution in [0.25, 0.3) is 10.9 Å². The molecule has 1 fully saturated rings. The third-order valence-electron chi connectivity index (χ3n) is 7.60. The van der Waals surface area contributed by atoms with E-state index in [1.807, 2.05) is 48.7 Å². The summed E-state index contributed by atoms with van der Waals surface area (Å²) in [5, 5.41) is 30.5. The van der Waals surface area contributed by atoms with E-state index in [0.717, 1.165) is 41.5 Å². The molecule has 0 amide bonds. The van der Waals surface area contributed by atoms with Gasteiger partial charge in [-0.25, -0.2) is 0 Å². The van der Waals surface area contributed by atoms with Crippen molar-refractivity contribution in [2.24, 2.45) is 0 Å². The Bertz CT molecular complexity index is 1750. The van der Waals surface area contributed by atoms with Crippen LogP contribution in [-0.4, -0.2) is 16.0 Å². The minimum absolute atomic E-state index is 0.0214. The second-order valence-corrected chi connectivity index (χ2v) is 11.2. The number of aromatic nitrogens is 1. The molecule has 0 radical (unpaired) electrons. The van der Waals surface area contributed by atoms with Crippen LogP contribution >= 0.6 is 23.2 Å². The molecule has 2 atom stereocenters. The lowest BCUT2D eigenvalue weighted by Crippen LogP contribution is -2.38. The van der Waals surface area contributed by atoms with Gasteiger partial charge in [-0.2, -0.15) is 10.5 Å². The Kier molecular flexibility index (Phi) is 7.78. The van der Waals surface area contributed by atoms with Gasteiger partial charge in [-0.15, -0.1) is 5.53 Å². The molecule has 3 aromatic carbocycles. The monoisotopic (exact) mass is 594 g/mol. The number of hydrogen-bond donors (Lipinski definition) is 4. The molecule has 1 saturated carbocycles. The second-order valence-electron chi connectivity index (χ2n) is 10.4. The van der Waals surface area contributed by atoms with Gasteiger partial charge in [0.25, 0.3) is 0 Å². The fourth-order valence-corrected chi connectivity index (χ4v) is 5.80. The van der Waals surface area contributed by atoms with Crippen molar-refractivity contribution >= 4 is 45.5 Å². The molecule has 1 unspecified atom stereocenters. The normalized spacial score (nSPS) is 15.7. The number of pyridine rings is 1. The molecule has 4 N–H and O–H groups in total. The van der Waals surface area contributed by atoms with E-state index in [1.165, 1.54) is 0 Å². The highest BCUT2D eigenvalue weighted by atomic mass is 35.5. The van der Waals surface area contributed by atoms with Crippen LogP contribution in [0.4, 0.5) is 11.4 Å². The molecule has 8 nitrogen and oxygen atoms in total. The fourth-order valence-electron chi connectivity index (χ4n) is 5.25. The van der Waals surface area contributed by atoms with Crippen LogP contribution in [0.15, 0.2) is 78.8 Å². The predicted molar refractivity (Wildman–Crippen MR) is 166 cm³/mol. The Morgan fingerprint density at radius 3 is 2.52 bits per heavy atom. The van der Waals surface area contributed by atoms with Gasteiger partial charge in [-0.1, -0.05) is 72.6 Å². The van der Waals surface area contributed by atoms with Crippen molar-refractivity contribution in [2.75, 3.05) is 10.6 Å². The zero-order valence-corrected chi connectivity index (χ0v) is 24.3. The van der Waals surface area contributed by atoms with Crippen LogP contribution in [0, 0.1) is 22.7 Å².